The fourth-order valence-electron chi connectivity index (χ4n) is 1.85. The zero-order chi connectivity index (χ0) is 15.9. The van der Waals surface area contributed by atoms with Gasteiger partial charge in [-0.15, -0.1) is 0 Å². The maximum absolute atomic E-state index is 11.5. The summed E-state index contributed by atoms with van der Waals surface area (Å²) >= 11 is 5.87. The predicted molar refractivity (Wildman–Crippen MR) is 79.9 cm³/mol. The minimum Gasteiger partial charge on any atom is -0.489 e. The second-order valence-corrected chi connectivity index (χ2v) is 4.86. The standard InChI is InChI=1S/C14H15ClN2O5/c1-2-20-14(18)12-6-11(22-17-12)8-21-13-4-3-10(15)5-9(13)7-16-19/h3-5,7,11,19H,2,6,8H2,1H3. The van der Waals surface area contributed by atoms with E-state index in [4.69, 9.17) is 31.1 Å². The molecule has 118 valence electrons. The van der Waals surface area contributed by atoms with E-state index in [1.54, 1.807) is 25.1 Å². The third-order valence-electron chi connectivity index (χ3n) is 2.84. The highest BCUT2D eigenvalue weighted by molar-refractivity contribution is 6.36. The third kappa shape index (κ3) is 4.11. The smallest absolute Gasteiger partial charge is 0.356 e. The van der Waals surface area contributed by atoms with E-state index in [-0.39, 0.29) is 25.0 Å². The van der Waals surface area contributed by atoms with Crippen molar-refractivity contribution < 1.29 is 24.3 Å². The van der Waals surface area contributed by atoms with E-state index in [2.05, 4.69) is 10.3 Å². The van der Waals surface area contributed by atoms with E-state index in [1.165, 1.54) is 6.21 Å². The number of benzene rings is 1. The Bertz CT molecular complexity index is 603. The van der Waals surface area contributed by atoms with E-state index in [1.807, 2.05) is 0 Å². The van der Waals surface area contributed by atoms with Gasteiger partial charge in [0.1, 0.15) is 12.4 Å². The molecule has 1 aliphatic rings. The first-order valence-corrected chi connectivity index (χ1v) is 7.01. The summed E-state index contributed by atoms with van der Waals surface area (Å²) in [5.74, 6) is -0.0000180. The second kappa shape index (κ2) is 7.65. The molecule has 1 heterocycles. The van der Waals surface area contributed by atoms with Gasteiger partial charge in [-0.25, -0.2) is 4.79 Å². The van der Waals surface area contributed by atoms with Crippen molar-refractivity contribution in [2.75, 3.05) is 13.2 Å². The molecule has 0 aromatic heterocycles. The van der Waals surface area contributed by atoms with Gasteiger partial charge in [0.2, 0.25) is 0 Å². The van der Waals surface area contributed by atoms with Crippen molar-refractivity contribution in [3.05, 3.63) is 28.8 Å². The summed E-state index contributed by atoms with van der Waals surface area (Å²) in [5, 5.41) is 15.8. The lowest BCUT2D eigenvalue weighted by Gasteiger charge is -2.12. The summed E-state index contributed by atoms with van der Waals surface area (Å²) in [5.41, 5.74) is 0.767. The molecule has 2 rings (SSSR count). The van der Waals surface area contributed by atoms with Gasteiger partial charge in [-0.05, 0) is 25.1 Å². The van der Waals surface area contributed by atoms with Crippen LogP contribution in [0.5, 0.6) is 5.75 Å². The average molecular weight is 327 g/mol. The Morgan fingerprint density at radius 3 is 3.18 bits per heavy atom. The molecule has 1 aromatic rings. The van der Waals surface area contributed by atoms with Crippen molar-refractivity contribution >= 4 is 29.5 Å². The largest absolute Gasteiger partial charge is 0.489 e. The van der Waals surface area contributed by atoms with Gasteiger partial charge in [-0.2, -0.15) is 0 Å². The zero-order valence-corrected chi connectivity index (χ0v) is 12.6. The van der Waals surface area contributed by atoms with Crippen LogP contribution in [-0.2, 0) is 14.4 Å². The normalized spacial score (nSPS) is 17.2. The summed E-state index contributed by atoms with van der Waals surface area (Å²) in [6.45, 7) is 2.19. The van der Waals surface area contributed by atoms with E-state index in [0.717, 1.165) is 0 Å². The highest BCUT2D eigenvalue weighted by Gasteiger charge is 2.27. The maximum Gasteiger partial charge on any atom is 0.356 e. The number of nitrogens with zero attached hydrogens (tertiary/aromatic N) is 2. The number of carbonyl (C=O) groups excluding carboxylic acids is 1. The number of rotatable bonds is 6. The van der Waals surface area contributed by atoms with Gasteiger partial charge in [-0.1, -0.05) is 21.9 Å². The SMILES string of the molecule is CCOC(=O)C1=NOC(COc2ccc(Cl)cc2C=NO)C1. The molecule has 0 spiro atoms. The van der Waals surface area contributed by atoms with Gasteiger partial charge < -0.3 is 19.5 Å². The predicted octanol–water partition coefficient (Wildman–Crippen LogP) is 2.23. The van der Waals surface area contributed by atoms with Crippen LogP contribution in [0.1, 0.15) is 18.9 Å². The van der Waals surface area contributed by atoms with Gasteiger partial charge >= 0.3 is 5.97 Å². The Balaban J connectivity index is 1.91. The highest BCUT2D eigenvalue weighted by atomic mass is 35.5. The Morgan fingerprint density at radius 2 is 2.45 bits per heavy atom. The molecule has 0 saturated carbocycles. The molecule has 0 aliphatic carbocycles. The molecule has 0 amide bonds. The minimum absolute atomic E-state index is 0.181. The number of ether oxygens (including phenoxy) is 2. The monoisotopic (exact) mass is 326 g/mol. The Morgan fingerprint density at radius 1 is 1.64 bits per heavy atom. The Labute approximate surface area is 132 Å². The molecule has 1 aromatic carbocycles. The van der Waals surface area contributed by atoms with Gasteiger partial charge in [0.25, 0.3) is 0 Å². The summed E-state index contributed by atoms with van der Waals surface area (Å²) in [6.07, 6.45) is 1.15. The fraction of sp³-hybridized carbons (Fsp3) is 0.357. The first kappa shape index (κ1) is 16.1. The molecule has 1 atom stereocenters. The number of hydrogen-bond donors (Lipinski definition) is 1. The van der Waals surface area contributed by atoms with E-state index in [9.17, 15) is 4.79 Å². The molecule has 0 saturated heterocycles. The topological polar surface area (TPSA) is 89.7 Å². The van der Waals surface area contributed by atoms with Crippen LogP contribution in [0.3, 0.4) is 0 Å². The van der Waals surface area contributed by atoms with Crippen molar-refractivity contribution in [1.29, 1.82) is 0 Å². The van der Waals surface area contributed by atoms with Gasteiger partial charge in [0.15, 0.2) is 11.8 Å². The number of hydrogen-bond acceptors (Lipinski definition) is 7. The molecule has 22 heavy (non-hydrogen) atoms. The molecular formula is C14H15ClN2O5. The lowest BCUT2D eigenvalue weighted by molar-refractivity contribution is -0.135. The summed E-state index contributed by atoms with van der Waals surface area (Å²) in [7, 11) is 0. The van der Waals surface area contributed by atoms with Crippen LogP contribution in [0.25, 0.3) is 0 Å². The van der Waals surface area contributed by atoms with Gasteiger partial charge in [0.05, 0.1) is 12.8 Å². The molecular weight excluding hydrogens is 312 g/mol. The van der Waals surface area contributed by atoms with Crippen LogP contribution in [-0.4, -0.2) is 42.4 Å². The molecule has 1 unspecified atom stereocenters. The van der Waals surface area contributed by atoms with Crippen LogP contribution in [0.4, 0.5) is 0 Å². The van der Waals surface area contributed by atoms with E-state index < -0.39 is 5.97 Å². The molecule has 0 fully saturated rings. The molecule has 1 aliphatic heterocycles. The number of oxime groups is 2. The molecule has 1 N–H and O–H groups in total. The molecule has 0 radical (unpaired) electrons. The van der Waals surface area contributed by atoms with Crippen LogP contribution in [0.15, 0.2) is 28.5 Å². The number of carbonyl (C=O) groups is 1. The lowest BCUT2D eigenvalue weighted by atomic mass is 10.2. The lowest BCUT2D eigenvalue weighted by Crippen LogP contribution is -2.22. The first-order valence-electron chi connectivity index (χ1n) is 6.63. The van der Waals surface area contributed by atoms with Gasteiger partial charge in [-0.3, -0.25) is 0 Å². The average Bonchev–Trinajstić information content (AvgIpc) is 2.96. The minimum atomic E-state index is -0.482. The van der Waals surface area contributed by atoms with Crippen LogP contribution < -0.4 is 4.74 Å². The van der Waals surface area contributed by atoms with E-state index >= 15 is 0 Å². The van der Waals surface area contributed by atoms with Crippen LogP contribution in [0, 0.1) is 0 Å². The second-order valence-electron chi connectivity index (χ2n) is 4.43. The fourth-order valence-corrected chi connectivity index (χ4v) is 2.03. The highest BCUT2D eigenvalue weighted by Crippen LogP contribution is 2.22. The summed E-state index contributed by atoms with van der Waals surface area (Å²) < 4.78 is 10.5. The quantitative estimate of drug-likeness (QED) is 0.375. The van der Waals surface area contributed by atoms with Gasteiger partial charge in [0, 0.05) is 17.0 Å². The van der Waals surface area contributed by atoms with E-state index in [0.29, 0.717) is 22.8 Å². The maximum atomic E-state index is 11.5. The third-order valence-corrected chi connectivity index (χ3v) is 3.07. The molecule has 7 nitrogen and oxygen atoms in total. The first-order chi connectivity index (χ1) is 10.6. The zero-order valence-electron chi connectivity index (χ0n) is 11.9. The number of esters is 1. The Hall–Kier alpha value is -2.28. The Kier molecular flexibility index (Phi) is 5.60. The van der Waals surface area contributed by atoms with Crippen molar-refractivity contribution in [3.63, 3.8) is 0 Å². The van der Waals surface area contributed by atoms with Crippen LogP contribution in [0.2, 0.25) is 5.02 Å². The van der Waals surface area contributed by atoms with Crippen molar-refractivity contribution in [3.8, 4) is 5.75 Å². The van der Waals surface area contributed by atoms with Crippen LogP contribution >= 0.6 is 11.6 Å². The number of halogens is 1. The van der Waals surface area contributed by atoms with Crippen molar-refractivity contribution in [1.82, 2.24) is 0 Å². The molecule has 0 bridgehead atoms. The van der Waals surface area contributed by atoms with Crippen molar-refractivity contribution in [2.45, 2.75) is 19.4 Å². The summed E-state index contributed by atoms with van der Waals surface area (Å²) in [4.78, 5) is 16.6. The van der Waals surface area contributed by atoms with Crippen molar-refractivity contribution in [2.24, 2.45) is 10.3 Å². The summed E-state index contributed by atoms with van der Waals surface area (Å²) in [6, 6.07) is 4.91. The molecule has 8 heteroatoms.